The molecule has 0 bridgehead atoms. The Morgan fingerprint density at radius 2 is 1.46 bits per heavy atom. The Kier molecular flexibility index (Phi) is 3.43. The van der Waals surface area contributed by atoms with Crippen LogP contribution in [0.1, 0.15) is 60.3 Å². The summed E-state index contributed by atoms with van der Waals surface area (Å²) in [5, 5.41) is 0. The van der Waals surface area contributed by atoms with Crippen LogP contribution in [0.25, 0.3) is 0 Å². The van der Waals surface area contributed by atoms with Crippen LogP contribution in [0.15, 0.2) is 0 Å². The fourth-order valence-electron chi connectivity index (χ4n) is 2.54. The Morgan fingerprint density at radius 1 is 1.00 bits per heavy atom. The topological polar surface area (TPSA) is 0 Å². The van der Waals surface area contributed by atoms with Crippen LogP contribution in [0.3, 0.4) is 0 Å². The Bertz CT molecular complexity index is 147. The highest BCUT2D eigenvalue weighted by Crippen LogP contribution is 2.45. The minimum atomic E-state index is 0.644. The van der Waals surface area contributed by atoms with Crippen LogP contribution in [0, 0.1) is 23.2 Å². The van der Waals surface area contributed by atoms with Crippen molar-refractivity contribution in [3.05, 3.63) is 0 Å². The van der Waals surface area contributed by atoms with Crippen molar-refractivity contribution in [3.8, 4) is 0 Å². The molecule has 1 saturated carbocycles. The highest BCUT2D eigenvalue weighted by Gasteiger charge is 2.34. The summed E-state index contributed by atoms with van der Waals surface area (Å²) in [7, 11) is 0. The summed E-state index contributed by atoms with van der Waals surface area (Å²) in [5.74, 6) is 2.77. The molecule has 0 amide bonds. The molecule has 1 aliphatic rings. The van der Waals surface area contributed by atoms with Gasteiger partial charge in [-0.1, -0.05) is 34.6 Å². The predicted molar refractivity (Wildman–Crippen MR) is 59.7 cm³/mol. The van der Waals surface area contributed by atoms with Gasteiger partial charge < -0.3 is 0 Å². The van der Waals surface area contributed by atoms with Crippen LogP contribution in [0.5, 0.6) is 0 Å². The standard InChI is InChI=1S/C13H26/c1-10(2)12-6-8-13(5,9-7-12)11(3)4/h10-12H,6-9H2,1-5H3. The third-order valence-electron chi connectivity index (χ3n) is 4.51. The Morgan fingerprint density at radius 3 is 1.77 bits per heavy atom. The van der Waals surface area contributed by atoms with Crippen LogP contribution in [-0.2, 0) is 0 Å². The molecule has 0 heteroatoms. The van der Waals surface area contributed by atoms with Crippen LogP contribution in [0.2, 0.25) is 0 Å². The molecule has 1 aliphatic carbocycles. The molecular weight excluding hydrogens is 156 g/mol. The zero-order valence-electron chi connectivity index (χ0n) is 10.1. The van der Waals surface area contributed by atoms with Gasteiger partial charge in [0.05, 0.1) is 0 Å². The average molecular weight is 182 g/mol. The molecule has 0 heterocycles. The van der Waals surface area contributed by atoms with Crippen molar-refractivity contribution < 1.29 is 0 Å². The van der Waals surface area contributed by atoms with Crippen LogP contribution < -0.4 is 0 Å². The van der Waals surface area contributed by atoms with E-state index in [1.807, 2.05) is 0 Å². The quantitative estimate of drug-likeness (QED) is 0.590. The summed E-state index contributed by atoms with van der Waals surface area (Å²) in [6.07, 6.45) is 5.83. The Labute approximate surface area is 84.1 Å². The molecule has 0 saturated heterocycles. The summed E-state index contributed by atoms with van der Waals surface area (Å²) >= 11 is 0. The molecule has 1 rings (SSSR count). The van der Waals surface area contributed by atoms with Crippen molar-refractivity contribution in [1.82, 2.24) is 0 Å². The van der Waals surface area contributed by atoms with E-state index < -0.39 is 0 Å². The molecule has 0 atom stereocenters. The van der Waals surface area contributed by atoms with Gasteiger partial charge in [0, 0.05) is 0 Å². The highest BCUT2D eigenvalue weighted by atomic mass is 14.4. The molecule has 1 fully saturated rings. The van der Waals surface area contributed by atoms with Crippen molar-refractivity contribution in [2.45, 2.75) is 60.3 Å². The summed E-state index contributed by atoms with van der Waals surface area (Å²) in [4.78, 5) is 0. The van der Waals surface area contributed by atoms with Crippen molar-refractivity contribution in [1.29, 1.82) is 0 Å². The first-order valence-corrected chi connectivity index (χ1v) is 5.96. The molecule has 0 unspecified atom stereocenters. The first-order chi connectivity index (χ1) is 5.96. The first kappa shape index (κ1) is 11.1. The van der Waals surface area contributed by atoms with Gasteiger partial charge in [0.2, 0.25) is 0 Å². The SMILES string of the molecule is CC(C)C1CCC(C)(C(C)C)CC1. The van der Waals surface area contributed by atoms with E-state index in [0.717, 1.165) is 17.8 Å². The molecule has 0 aromatic carbocycles. The van der Waals surface area contributed by atoms with Gasteiger partial charge in [-0.3, -0.25) is 0 Å². The smallest absolute Gasteiger partial charge is 0.0303 e. The molecule has 0 spiro atoms. The second-order valence-corrected chi connectivity index (χ2v) is 5.89. The molecule has 0 aromatic heterocycles. The zero-order chi connectivity index (χ0) is 10.1. The molecule has 13 heavy (non-hydrogen) atoms. The lowest BCUT2D eigenvalue weighted by molar-refractivity contribution is 0.0955. The summed E-state index contributed by atoms with van der Waals surface area (Å²) < 4.78 is 0. The van der Waals surface area contributed by atoms with Gasteiger partial charge in [0.1, 0.15) is 0 Å². The summed E-state index contributed by atoms with van der Waals surface area (Å²) in [6.45, 7) is 12.0. The van der Waals surface area contributed by atoms with Crippen LogP contribution >= 0.6 is 0 Å². The molecule has 0 N–H and O–H groups in total. The molecule has 0 radical (unpaired) electrons. The Balaban J connectivity index is 2.47. The van der Waals surface area contributed by atoms with Gasteiger partial charge in [-0.25, -0.2) is 0 Å². The second kappa shape index (κ2) is 4.02. The molecule has 0 nitrogen and oxygen atoms in total. The zero-order valence-corrected chi connectivity index (χ0v) is 10.1. The van der Waals surface area contributed by atoms with Crippen molar-refractivity contribution in [2.75, 3.05) is 0 Å². The van der Waals surface area contributed by atoms with E-state index in [0.29, 0.717) is 5.41 Å². The normalized spacial score (nSPS) is 35.8. The van der Waals surface area contributed by atoms with Gasteiger partial charge in [0.15, 0.2) is 0 Å². The lowest BCUT2D eigenvalue weighted by Crippen LogP contribution is -2.30. The summed E-state index contributed by atoms with van der Waals surface area (Å²) in [6, 6.07) is 0. The largest absolute Gasteiger partial charge is 0.0625 e. The van der Waals surface area contributed by atoms with E-state index >= 15 is 0 Å². The number of hydrogen-bond acceptors (Lipinski definition) is 0. The third kappa shape index (κ3) is 2.48. The maximum absolute atomic E-state index is 2.48. The maximum Gasteiger partial charge on any atom is -0.0303 e. The van der Waals surface area contributed by atoms with E-state index in [2.05, 4.69) is 34.6 Å². The van der Waals surface area contributed by atoms with Crippen molar-refractivity contribution in [2.24, 2.45) is 23.2 Å². The minimum Gasteiger partial charge on any atom is -0.0625 e. The van der Waals surface area contributed by atoms with Gasteiger partial charge >= 0.3 is 0 Å². The van der Waals surface area contributed by atoms with Gasteiger partial charge in [-0.05, 0) is 48.9 Å². The van der Waals surface area contributed by atoms with E-state index in [-0.39, 0.29) is 0 Å². The second-order valence-electron chi connectivity index (χ2n) is 5.89. The molecule has 0 aliphatic heterocycles. The monoisotopic (exact) mass is 182 g/mol. The highest BCUT2D eigenvalue weighted by molar-refractivity contribution is 4.85. The first-order valence-electron chi connectivity index (χ1n) is 5.96. The number of rotatable bonds is 2. The predicted octanol–water partition coefficient (Wildman–Crippen LogP) is 4.49. The van der Waals surface area contributed by atoms with Gasteiger partial charge in [-0.2, -0.15) is 0 Å². The molecule has 0 aromatic rings. The lowest BCUT2D eigenvalue weighted by atomic mass is 9.64. The van der Waals surface area contributed by atoms with Crippen molar-refractivity contribution >= 4 is 0 Å². The fourth-order valence-corrected chi connectivity index (χ4v) is 2.54. The van der Waals surface area contributed by atoms with Gasteiger partial charge in [-0.15, -0.1) is 0 Å². The molecule has 78 valence electrons. The summed E-state index contributed by atoms with van der Waals surface area (Å²) in [5.41, 5.74) is 0.644. The third-order valence-corrected chi connectivity index (χ3v) is 4.51. The van der Waals surface area contributed by atoms with Crippen LogP contribution in [0.4, 0.5) is 0 Å². The van der Waals surface area contributed by atoms with Gasteiger partial charge in [0.25, 0.3) is 0 Å². The van der Waals surface area contributed by atoms with E-state index in [4.69, 9.17) is 0 Å². The van der Waals surface area contributed by atoms with E-state index in [9.17, 15) is 0 Å². The minimum absolute atomic E-state index is 0.644. The van der Waals surface area contributed by atoms with Crippen LogP contribution in [-0.4, -0.2) is 0 Å². The van der Waals surface area contributed by atoms with E-state index in [1.54, 1.807) is 0 Å². The molecular formula is C13H26. The van der Waals surface area contributed by atoms with Crippen molar-refractivity contribution in [3.63, 3.8) is 0 Å². The Hall–Kier alpha value is 0. The van der Waals surface area contributed by atoms with E-state index in [1.165, 1.54) is 25.7 Å². The maximum atomic E-state index is 2.48. The lowest BCUT2D eigenvalue weighted by Gasteiger charge is -2.41. The fraction of sp³-hybridized carbons (Fsp3) is 1.00. The average Bonchev–Trinajstić information content (AvgIpc) is 2.04. The number of hydrogen-bond donors (Lipinski definition) is 0.